The molecule has 1 aromatic carbocycles. The first-order chi connectivity index (χ1) is 10.2. The van der Waals surface area contributed by atoms with Gasteiger partial charge in [0.15, 0.2) is 0 Å². The molecule has 5 heteroatoms. The highest BCUT2D eigenvalue weighted by Gasteiger charge is 2.05. The predicted octanol–water partition coefficient (Wildman–Crippen LogP) is 2.34. The Labute approximate surface area is 124 Å². The molecule has 2 rings (SSSR count). The summed E-state index contributed by atoms with van der Waals surface area (Å²) in [4.78, 5) is 19.1. The van der Waals surface area contributed by atoms with E-state index in [0.717, 1.165) is 30.0 Å². The maximum absolute atomic E-state index is 11.8. The van der Waals surface area contributed by atoms with Crippen LogP contribution in [0.1, 0.15) is 26.0 Å². The molecule has 2 N–H and O–H groups in total. The number of ether oxygens (including phenoxy) is 1. The van der Waals surface area contributed by atoms with E-state index < -0.39 is 0 Å². The molecule has 0 aliphatic heterocycles. The number of aromatic nitrogens is 2. The lowest BCUT2D eigenvalue weighted by molar-refractivity contribution is 0.340. The summed E-state index contributed by atoms with van der Waals surface area (Å²) < 4.78 is 5.48. The van der Waals surface area contributed by atoms with Gasteiger partial charge in [0, 0.05) is 18.2 Å². The zero-order valence-electron chi connectivity index (χ0n) is 12.5. The number of nitrogens with one attached hydrogen (secondary N) is 2. The van der Waals surface area contributed by atoms with Crippen molar-refractivity contribution in [3.8, 4) is 17.1 Å². The van der Waals surface area contributed by atoms with Gasteiger partial charge in [0.1, 0.15) is 11.6 Å². The average molecular weight is 287 g/mol. The van der Waals surface area contributed by atoms with Crippen LogP contribution in [0.15, 0.2) is 35.1 Å². The van der Waals surface area contributed by atoms with Crippen molar-refractivity contribution in [1.82, 2.24) is 15.3 Å². The lowest BCUT2D eigenvalue weighted by Gasteiger charge is -2.07. The molecule has 0 aliphatic carbocycles. The van der Waals surface area contributed by atoms with Crippen molar-refractivity contribution in [1.29, 1.82) is 0 Å². The maximum atomic E-state index is 11.8. The Morgan fingerprint density at radius 1 is 1.29 bits per heavy atom. The Bertz CT molecular complexity index is 637. The summed E-state index contributed by atoms with van der Waals surface area (Å²) in [5, 5.41) is 3.25. The van der Waals surface area contributed by atoms with Gasteiger partial charge < -0.3 is 15.0 Å². The van der Waals surface area contributed by atoms with Gasteiger partial charge in [-0.05, 0) is 32.0 Å². The van der Waals surface area contributed by atoms with Crippen molar-refractivity contribution in [3.05, 3.63) is 46.4 Å². The number of hydrogen-bond donors (Lipinski definition) is 2. The number of aromatic amines is 1. The van der Waals surface area contributed by atoms with Crippen LogP contribution in [0.4, 0.5) is 0 Å². The minimum absolute atomic E-state index is 0.143. The number of hydrogen-bond acceptors (Lipinski definition) is 4. The molecule has 1 aromatic heterocycles. The zero-order chi connectivity index (χ0) is 15.1. The van der Waals surface area contributed by atoms with E-state index in [1.54, 1.807) is 0 Å². The normalized spacial score (nSPS) is 10.6. The molecule has 0 spiro atoms. The fourth-order valence-corrected chi connectivity index (χ4v) is 2.03. The first kappa shape index (κ1) is 15.3. The zero-order valence-corrected chi connectivity index (χ0v) is 12.5. The Kier molecular flexibility index (Phi) is 5.51. The van der Waals surface area contributed by atoms with Crippen LogP contribution >= 0.6 is 0 Å². The highest BCUT2D eigenvalue weighted by atomic mass is 16.5. The van der Waals surface area contributed by atoms with Gasteiger partial charge in [0.05, 0.1) is 12.3 Å². The van der Waals surface area contributed by atoms with Crippen LogP contribution in [0.5, 0.6) is 5.75 Å². The van der Waals surface area contributed by atoms with Gasteiger partial charge in [0.2, 0.25) is 0 Å². The fourth-order valence-electron chi connectivity index (χ4n) is 2.03. The fraction of sp³-hybridized carbons (Fsp3) is 0.375. The topological polar surface area (TPSA) is 67.0 Å². The minimum atomic E-state index is -0.143. The van der Waals surface area contributed by atoms with E-state index in [1.165, 1.54) is 6.07 Å². The molecular formula is C16H21N3O2. The molecule has 0 fully saturated rings. The summed E-state index contributed by atoms with van der Waals surface area (Å²) in [5.41, 5.74) is 1.44. The van der Waals surface area contributed by atoms with Gasteiger partial charge in [-0.3, -0.25) is 4.79 Å². The smallest absolute Gasteiger partial charge is 0.251 e. The largest absolute Gasteiger partial charge is 0.494 e. The second-order valence-corrected chi connectivity index (χ2v) is 4.72. The minimum Gasteiger partial charge on any atom is -0.494 e. The molecule has 0 aliphatic rings. The molecular weight excluding hydrogens is 266 g/mol. The van der Waals surface area contributed by atoms with E-state index in [1.807, 2.05) is 31.2 Å². The molecule has 0 bridgehead atoms. The molecule has 2 aromatic rings. The summed E-state index contributed by atoms with van der Waals surface area (Å²) >= 11 is 0. The Morgan fingerprint density at radius 2 is 2.14 bits per heavy atom. The standard InChI is InChI=1S/C16H21N3O2/c1-3-8-17-11-13-10-15(20)19-16(18-13)12-6-5-7-14(9-12)21-4-2/h5-7,9-10,17H,3-4,8,11H2,1-2H3,(H,18,19,20). The molecule has 0 radical (unpaired) electrons. The average Bonchev–Trinajstić information content (AvgIpc) is 2.48. The van der Waals surface area contributed by atoms with Crippen molar-refractivity contribution in [3.63, 3.8) is 0 Å². The Balaban J connectivity index is 2.26. The maximum Gasteiger partial charge on any atom is 0.251 e. The van der Waals surface area contributed by atoms with Crippen LogP contribution in [0.25, 0.3) is 11.4 Å². The van der Waals surface area contributed by atoms with Crippen molar-refractivity contribution >= 4 is 0 Å². The molecule has 0 saturated carbocycles. The van der Waals surface area contributed by atoms with Crippen LogP contribution in [0, 0.1) is 0 Å². The molecule has 5 nitrogen and oxygen atoms in total. The lowest BCUT2D eigenvalue weighted by atomic mass is 10.2. The monoisotopic (exact) mass is 287 g/mol. The molecule has 0 amide bonds. The SMILES string of the molecule is CCCNCc1cc(=O)[nH]c(-c2cccc(OCC)c2)n1. The van der Waals surface area contributed by atoms with Crippen molar-refractivity contribution < 1.29 is 4.74 Å². The van der Waals surface area contributed by atoms with Gasteiger partial charge in [-0.15, -0.1) is 0 Å². The molecule has 0 atom stereocenters. The second-order valence-electron chi connectivity index (χ2n) is 4.72. The van der Waals surface area contributed by atoms with Gasteiger partial charge in [-0.2, -0.15) is 0 Å². The molecule has 0 saturated heterocycles. The third kappa shape index (κ3) is 4.43. The summed E-state index contributed by atoms with van der Waals surface area (Å²) in [5.74, 6) is 1.34. The lowest BCUT2D eigenvalue weighted by Crippen LogP contribution is -2.18. The molecule has 21 heavy (non-hydrogen) atoms. The van der Waals surface area contributed by atoms with E-state index in [0.29, 0.717) is 19.0 Å². The summed E-state index contributed by atoms with van der Waals surface area (Å²) in [6.45, 7) is 6.14. The van der Waals surface area contributed by atoms with E-state index in [4.69, 9.17) is 4.74 Å². The van der Waals surface area contributed by atoms with Crippen LogP contribution in [-0.4, -0.2) is 23.1 Å². The second kappa shape index (κ2) is 7.59. The molecule has 112 valence electrons. The van der Waals surface area contributed by atoms with E-state index in [2.05, 4.69) is 22.2 Å². The van der Waals surface area contributed by atoms with Crippen molar-refractivity contribution in [2.75, 3.05) is 13.2 Å². The molecule has 1 heterocycles. The molecule has 0 unspecified atom stereocenters. The third-order valence-corrected chi connectivity index (χ3v) is 2.95. The van der Waals surface area contributed by atoms with Gasteiger partial charge in [-0.1, -0.05) is 19.1 Å². The number of nitrogens with zero attached hydrogens (tertiary/aromatic N) is 1. The summed E-state index contributed by atoms with van der Waals surface area (Å²) in [6.07, 6.45) is 1.05. The van der Waals surface area contributed by atoms with Gasteiger partial charge in [-0.25, -0.2) is 4.98 Å². The van der Waals surface area contributed by atoms with Crippen LogP contribution in [0.2, 0.25) is 0 Å². The summed E-state index contributed by atoms with van der Waals surface area (Å²) in [6, 6.07) is 9.09. The van der Waals surface area contributed by atoms with E-state index >= 15 is 0 Å². The van der Waals surface area contributed by atoms with Gasteiger partial charge in [0.25, 0.3) is 5.56 Å². The van der Waals surface area contributed by atoms with Crippen LogP contribution in [-0.2, 0) is 6.54 Å². The predicted molar refractivity (Wildman–Crippen MR) is 83.5 cm³/mol. The van der Waals surface area contributed by atoms with Crippen LogP contribution < -0.4 is 15.6 Å². The van der Waals surface area contributed by atoms with Crippen LogP contribution in [0.3, 0.4) is 0 Å². The van der Waals surface area contributed by atoms with E-state index in [-0.39, 0.29) is 5.56 Å². The number of H-pyrrole nitrogens is 1. The first-order valence-corrected chi connectivity index (χ1v) is 7.27. The van der Waals surface area contributed by atoms with Gasteiger partial charge >= 0.3 is 0 Å². The third-order valence-electron chi connectivity index (χ3n) is 2.95. The summed E-state index contributed by atoms with van der Waals surface area (Å²) in [7, 11) is 0. The number of rotatable bonds is 7. The van der Waals surface area contributed by atoms with Crippen molar-refractivity contribution in [2.24, 2.45) is 0 Å². The van der Waals surface area contributed by atoms with E-state index in [9.17, 15) is 4.79 Å². The quantitative estimate of drug-likeness (QED) is 0.767. The highest BCUT2D eigenvalue weighted by Crippen LogP contribution is 2.20. The Morgan fingerprint density at radius 3 is 2.90 bits per heavy atom. The van der Waals surface area contributed by atoms with Crippen molar-refractivity contribution in [2.45, 2.75) is 26.8 Å². The first-order valence-electron chi connectivity index (χ1n) is 7.27. The number of benzene rings is 1. The Hall–Kier alpha value is -2.14. The highest BCUT2D eigenvalue weighted by molar-refractivity contribution is 5.57.